The lowest BCUT2D eigenvalue weighted by atomic mass is 10.0. The van der Waals surface area contributed by atoms with Gasteiger partial charge in [-0.15, -0.1) is 0 Å². The molecule has 5 heterocycles. The fourth-order valence-electron chi connectivity index (χ4n) is 4.29. The highest BCUT2D eigenvalue weighted by Gasteiger charge is 2.21. The number of carbonyl (C=O) groups is 1. The average molecular weight is 441 g/mol. The van der Waals surface area contributed by atoms with Crippen molar-refractivity contribution >= 4 is 17.2 Å². The van der Waals surface area contributed by atoms with Gasteiger partial charge in [0.05, 0.1) is 23.5 Å². The molecule has 1 aliphatic heterocycles. The van der Waals surface area contributed by atoms with E-state index in [4.69, 9.17) is 4.98 Å². The van der Waals surface area contributed by atoms with Gasteiger partial charge in [0, 0.05) is 80.5 Å². The minimum atomic E-state index is 0.199. The normalized spacial score (nSPS) is 14.0. The first-order chi connectivity index (χ1) is 16.1. The van der Waals surface area contributed by atoms with E-state index in [-0.39, 0.29) is 5.91 Å². The van der Waals surface area contributed by atoms with Crippen molar-refractivity contribution in [2.24, 2.45) is 7.05 Å². The number of nitriles is 1. The minimum Gasteiger partial charge on any atom is -0.353 e. The summed E-state index contributed by atoms with van der Waals surface area (Å²) in [6.07, 6.45) is 9.64. The van der Waals surface area contributed by atoms with Gasteiger partial charge in [-0.3, -0.25) is 9.48 Å². The van der Waals surface area contributed by atoms with Crippen LogP contribution >= 0.6 is 0 Å². The largest absolute Gasteiger partial charge is 0.353 e. The van der Waals surface area contributed by atoms with Crippen LogP contribution in [0.5, 0.6) is 0 Å². The number of piperazine rings is 1. The number of amides is 1. The maximum absolute atomic E-state index is 11.9. The second kappa shape index (κ2) is 8.39. The van der Waals surface area contributed by atoms with Crippen molar-refractivity contribution < 1.29 is 4.79 Å². The van der Waals surface area contributed by atoms with Crippen molar-refractivity contribution in [1.29, 1.82) is 5.26 Å². The molecule has 4 aromatic rings. The van der Waals surface area contributed by atoms with Crippen LogP contribution in [-0.4, -0.2) is 61.4 Å². The molecular formula is C24H24N8O. The fourth-order valence-corrected chi connectivity index (χ4v) is 4.29. The fraction of sp³-hybridized carbons (Fsp3) is 0.292. The number of anilines is 1. The standard InChI is InChI=1S/C24H24N8O/c1-3-23(33)31-8-6-30(7-9-31)22-5-4-17(12-26-22)21-10-18(20-14-27-29(2)15-20)16-32-24(21)19(11-25)13-28-32/h4-5,10,12-16H,3,6-9H2,1-2H3. The first kappa shape index (κ1) is 20.7. The van der Waals surface area contributed by atoms with Crippen LogP contribution in [0.25, 0.3) is 27.8 Å². The highest BCUT2D eigenvalue weighted by molar-refractivity contribution is 5.87. The van der Waals surface area contributed by atoms with Gasteiger partial charge in [0.1, 0.15) is 11.9 Å². The molecule has 1 aliphatic rings. The molecule has 0 bridgehead atoms. The second-order valence-corrected chi connectivity index (χ2v) is 8.13. The molecule has 0 N–H and O–H groups in total. The molecule has 9 nitrogen and oxygen atoms in total. The number of hydrogen-bond donors (Lipinski definition) is 0. The summed E-state index contributed by atoms with van der Waals surface area (Å²) in [5.41, 5.74) is 5.00. The van der Waals surface area contributed by atoms with Gasteiger partial charge < -0.3 is 9.80 Å². The van der Waals surface area contributed by atoms with Crippen LogP contribution in [-0.2, 0) is 11.8 Å². The number of rotatable bonds is 4. The summed E-state index contributed by atoms with van der Waals surface area (Å²) >= 11 is 0. The van der Waals surface area contributed by atoms with E-state index in [2.05, 4.69) is 27.2 Å². The summed E-state index contributed by atoms with van der Waals surface area (Å²) < 4.78 is 3.50. The Bertz CT molecular complexity index is 1350. The zero-order chi connectivity index (χ0) is 22.9. The minimum absolute atomic E-state index is 0.199. The van der Waals surface area contributed by atoms with Crippen molar-refractivity contribution in [2.75, 3.05) is 31.1 Å². The highest BCUT2D eigenvalue weighted by atomic mass is 16.2. The van der Waals surface area contributed by atoms with E-state index in [9.17, 15) is 10.1 Å². The van der Waals surface area contributed by atoms with Crippen LogP contribution in [0, 0.1) is 11.3 Å². The van der Waals surface area contributed by atoms with E-state index in [1.807, 2.05) is 55.8 Å². The quantitative estimate of drug-likeness (QED) is 0.484. The molecule has 0 radical (unpaired) electrons. The van der Waals surface area contributed by atoms with Crippen LogP contribution in [0.15, 0.2) is 49.2 Å². The number of pyridine rings is 2. The maximum atomic E-state index is 11.9. The van der Waals surface area contributed by atoms with Gasteiger partial charge in [0.15, 0.2) is 0 Å². The molecular weight excluding hydrogens is 416 g/mol. The Balaban J connectivity index is 1.48. The zero-order valence-electron chi connectivity index (χ0n) is 18.6. The molecule has 1 amide bonds. The van der Waals surface area contributed by atoms with E-state index >= 15 is 0 Å². The SMILES string of the molecule is CCC(=O)N1CCN(c2ccc(-c3cc(-c4cnn(C)c4)cn4ncc(C#N)c34)cn2)CC1. The molecule has 1 saturated heterocycles. The molecule has 0 aliphatic carbocycles. The van der Waals surface area contributed by atoms with E-state index in [0.717, 1.165) is 46.7 Å². The predicted molar refractivity (Wildman–Crippen MR) is 124 cm³/mol. The molecule has 0 spiro atoms. The number of aryl methyl sites for hydroxylation is 1. The smallest absolute Gasteiger partial charge is 0.222 e. The summed E-state index contributed by atoms with van der Waals surface area (Å²) in [6.45, 7) is 4.85. The van der Waals surface area contributed by atoms with Gasteiger partial charge in [-0.2, -0.15) is 15.5 Å². The van der Waals surface area contributed by atoms with Gasteiger partial charge >= 0.3 is 0 Å². The molecule has 5 rings (SSSR count). The Morgan fingerprint density at radius 3 is 2.48 bits per heavy atom. The number of nitrogens with zero attached hydrogens (tertiary/aromatic N) is 8. The Kier molecular flexibility index (Phi) is 5.26. The molecule has 33 heavy (non-hydrogen) atoms. The summed E-state index contributed by atoms with van der Waals surface area (Å²) in [4.78, 5) is 20.8. The van der Waals surface area contributed by atoms with Gasteiger partial charge in [-0.05, 0) is 18.2 Å². The molecule has 166 valence electrons. The van der Waals surface area contributed by atoms with E-state index in [1.54, 1.807) is 15.4 Å². The number of fused-ring (bicyclic) bond motifs is 1. The lowest BCUT2D eigenvalue weighted by molar-refractivity contribution is -0.131. The third-order valence-electron chi connectivity index (χ3n) is 6.09. The predicted octanol–water partition coefficient (Wildman–Crippen LogP) is 2.73. The summed E-state index contributed by atoms with van der Waals surface area (Å²) in [6, 6.07) is 8.33. The van der Waals surface area contributed by atoms with Crippen molar-refractivity contribution in [2.45, 2.75) is 13.3 Å². The number of hydrogen-bond acceptors (Lipinski definition) is 6. The van der Waals surface area contributed by atoms with Crippen LogP contribution in [0.2, 0.25) is 0 Å². The van der Waals surface area contributed by atoms with E-state index < -0.39 is 0 Å². The summed E-state index contributed by atoms with van der Waals surface area (Å²) in [7, 11) is 1.88. The Hall–Kier alpha value is -4.19. The molecule has 0 saturated carbocycles. The lowest BCUT2D eigenvalue weighted by Crippen LogP contribution is -2.48. The average Bonchev–Trinajstić information content (AvgIpc) is 3.49. The zero-order valence-corrected chi connectivity index (χ0v) is 18.6. The summed E-state index contributed by atoms with van der Waals surface area (Å²) in [5.74, 6) is 1.08. The second-order valence-electron chi connectivity index (χ2n) is 8.13. The van der Waals surface area contributed by atoms with Crippen LogP contribution < -0.4 is 4.90 Å². The molecule has 0 unspecified atom stereocenters. The summed E-state index contributed by atoms with van der Waals surface area (Å²) in [5, 5.41) is 18.3. The topological polar surface area (TPSA) is 95.4 Å². The third-order valence-corrected chi connectivity index (χ3v) is 6.09. The van der Waals surface area contributed by atoms with Crippen molar-refractivity contribution in [1.82, 2.24) is 29.3 Å². The first-order valence-electron chi connectivity index (χ1n) is 11.0. The molecule has 4 aromatic heterocycles. The lowest BCUT2D eigenvalue weighted by Gasteiger charge is -2.35. The van der Waals surface area contributed by atoms with Gasteiger partial charge in [0.25, 0.3) is 0 Å². The van der Waals surface area contributed by atoms with Gasteiger partial charge in [-0.1, -0.05) is 6.92 Å². The molecule has 0 atom stereocenters. The maximum Gasteiger partial charge on any atom is 0.222 e. The third kappa shape index (κ3) is 3.80. The highest BCUT2D eigenvalue weighted by Crippen LogP contribution is 2.32. The molecule has 1 fully saturated rings. The number of aromatic nitrogens is 5. The number of carbonyl (C=O) groups excluding carboxylic acids is 1. The van der Waals surface area contributed by atoms with Crippen LogP contribution in [0.1, 0.15) is 18.9 Å². The van der Waals surface area contributed by atoms with Crippen molar-refractivity contribution in [3.63, 3.8) is 0 Å². The Morgan fingerprint density at radius 2 is 1.85 bits per heavy atom. The van der Waals surface area contributed by atoms with Gasteiger partial charge in [-0.25, -0.2) is 9.50 Å². The molecule has 0 aromatic carbocycles. The van der Waals surface area contributed by atoms with Crippen molar-refractivity contribution in [3.05, 3.63) is 54.7 Å². The van der Waals surface area contributed by atoms with Gasteiger partial charge in [0.2, 0.25) is 5.91 Å². The Morgan fingerprint density at radius 1 is 1.03 bits per heavy atom. The Labute approximate surface area is 191 Å². The van der Waals surface area contributed by atoms with Crippen LogP contribution in [0.4, 0.5) is 5.82 Å². The van der Waals surface area contributed by atoms with Crippen molar-refractivity contribution in [3.8, 4) is 28.3 Å². The van der Waals surface area contributed by atoms with E-state index in [1.165, 1.54) is 0 Å². The van der Waals surface area contributed by atoms with Crippen LogP contribution in [0.3, 0.4) is 0 Å². The monoisotopic (exact) mass is 440 g/mol. The first-order valence-corrected chi connectivity index (χ1v) is 11.0. The van der Waals surface area contributed by atoms with E-state index in [0.29, 0.717) is 25.1 Å². The molecule has 9 heteroatoms.